The van der Waals surface area contributed by atoms with Crippen molar-refractivity contribution >= 4 is 23.7 Å². The smallest absolute Gasteiger partial charge is 0.410 e. The van der Waals surface area contributed by atoms with E-state index in [0.29, 0.717) is 51.1 Å². The summed E-state index contributed by atoms with van der Waals surface area (Å²) in [5.41, 5.74) is 2.50. The Morgan fingerprint density at radius 3 is 2.26 bits per heavy atom. The lowest BCUT2D eigenvalue weighted by Gasteiger charge is -2.42. The molecule has 1 spiro atoms. The summed E-state index contributed by atoms with van der Waals surface area (Å²) in [6.45, 7) is 13.5. The van der Waals surface area contributed by atoms with Gasteiger partial charge in [0.25, 0.3) is 5.91 Å². The van der Waals surface area contributed by atoms with Gasteiger partial charge in [-0.1, -0.05) is 30.3 Å². The molecule has 2 aromatic carbocycles. The average Bonchev–Trinajstić information content (AvgIpc) is 2.96. The molecule has 0 radical (unpaired) electrons. The van der Waals surface area contributed by atoms with Gasteiger partial charge in [-0.3, -0.25) is 4.79 Å². The first kappa shape index (κ1) is 31.9. The lowest BCUT2D eigenvalue weighted by Crippen LogP contribution is -2.50. The highest BCUT2D eigenvalue weighted by Crippen LogP contribution is 2.43. The summed E-state index contributed by atoms with van der Waals surface area (Å²) in [5, 5.41) is 0. The van der Waals surface area contributed by atoms with E-state index in [-0.39, 0.29) is 18.1 Å². The zero-order valence-corrected chi connectivity index (χ0v) is 26.5. The molecule has 0 N–H and O–H groups in total. The maximum absolute atomic E-state index is 13.4. The van der Waals surface area contributed by atoms with Crippen LogP contribution in [0.3, 0.4) is 0 Å². The monoisotopic (exact) mass is 591 g/mol. The highest BCUT2D eigenvalue weighted by Gasteiger charge is 2.40. The average molecular weight is 592 g/mol. The summed E-state index contributed by atoms with van der Waals surface area (Å²) in [7, 11) is 1.68. The number of hydrogen-bond donors (Lipinski definition) is 0. The molecule has 0 bridgehead atoms. The fraction of sp³-hybridized carbons (Fsp3) is 0.500. The van der Waals surface area contributed by atoms with Crippen molar-refractivity contribution in [1.29, 1.82) is 0 Å². The van der Waals surface area contributed by atoms with Gasteiger partial charge in [-0.05, 0) is 77.0 Å². The Kier molecular flexibility index (Phi) is 9.72. The predicted molar refractivity (Wildman–Crippen MR) is 166 cm³/mol. The van der Waals surface area contributed by atoms with E-state index in [0.717, 1.165) is 22.4 Å². The van der Waals surface area contributed by atoms with Crippen molar-refractivity contribution in [3.63, 3.8) is 0 Å². The van der Waals surface area contributed by atoms with E-state index in [9.17, 15) is 14.4 Å². The number of carbonyl (C=O) groups excluding carboxylic acids is 3. The molecule has 2 heterocycles. The molecule has 43 heavy (non-hydrogen) atoms. The number of nitrogens with zero attached hydrogens (tertiary/aromatic N) is 3. The van der Waals surface area contributed by atoms with Crippen LogP contribution in [0.25, 0.3) is 5.57 Å². The van der Waals surface area contributed by atoms with Crippen LogP contribution in [0.5, 0.6) is 5.75 Å². The van der Waals surface area contributed by atoms with E-state index in [1.807, 2.05) is 90.1 Å². The normalized spacial score (nSPS) is 15.7. The molecule has 1 saturated heterocycles. The number of hydrogen-bond acceptors (Lipinski definition) is 6. The Morgan fingerprint density at radius 2 is 1.65 bits per heavy atom. The van der Waals surface area contributed by atoms with Crippen molar-refractivity contribution in [2.45, 2.75) is 71.7 Å². The third kappa shape index (κ3) is 7.89. The van der Waals surface area contributed by atoms with E-state index in [4.69, 9.17) is 14.2 Å². The number of amides is 3. The van der Waals surface area contributed by atoms with Gasteiger partial charge in [0.2, 0.25) is 0 Å². The van der Waals surface area contributed by atoms with Crippen LogP contribution in [-0.4, -0.2) is 89.9 Å². The number of fused-ring (bicyclic) bond motifs is 1. The number of benzene rings is 2. The second-order valence-electron chi connectivity index (χ2n) is 12.5. The minimum atomic E-state index is -0.577. The van der Waals surface area contributed by atoms with Gasteiger partial charge >= 0.3 is 12.2 Å². The molecular weight excluding hydrogens is 546 g/mol. The van der Waals surface area contributed by atoms with Crippen LogP contribution in [0.1, 0.15) is 75.9 Å². The minimum absolute atomic E-state index is 0.0925. The fourth-order valence-electron chi connectivity index (χ4n) is 5.28. The van der Waals surface area contributed by atoms with Crippen LogP contribution in [0.4, 0.5) is 9.59 Å². The lowest BCUT2D eigenvalue weighted by molar-refractivity contribution is 0.0226. The first-order valence-corrected chi connectivity index (χ1v) is 15.1. The summed E-state index contributed by atoms with van der Waals surface area (Å²) < 4.78 is 17.4. The number of likely N-dealkylation sites (tertiary alicyclic amines) is 1. The summed E-state index contributed by atoms with van der Waals surface area (Å²) in [4.78, 5) is 43.1. The van der Waals surface area contributed by atoms with Gasteiger partial charge < -0.3 is 28.9 Å². The number of likely N-dealkylation sites (N-methyl/N-ethyl adjacent to an activating group) is 2. The quantitative estimate of drug-likeness (QED) is 0.380. The van der Waals surface area contributed by atoms with Crippen LogP contribution in [-0.2, 0) is 9.47 Å². The van der Waals surface area contributed by atoms with Gasteiger partial charge in [-0.15, -0.1) is 0 Å². The van der Waals surface area contributed by atoms with Crippen molar-refractivity contribution in [2.75, 3.05) is 39.8 Å². The zero-order valence-electron chi connectivity index (χ0n) is 26.5. The lowest BCUT2D eigenvalue weighted by atomic mass is 9.83. The van der Waals surface area contributed by atoms with E-state index in [1.165, 1.54) is 4.90 Å². The first-order chi connectivity index (χ1) is 20.3. The van der Waals surface area contributed by atoms with Crippen LogP contribution >= 0.6 is 0 Å². The zero-order chi connectivity index (χ0) is 31.4. The highest BCUT2D eigenvalue weighted by molar-refractivity contribution is 5.95. The van der Waals surface area contributed by atoms with E-state index >= 15 is 0 Å². The molecule has 232 valence electrons. The summed E-state index contributed by atoms with van der Waals surface area (Å²) in [5.74, 6) is 0.717. The Balaban J connectivity index is 1.49. The van der Waals surface area contributed by atoms with Gasteiger partial charge in [-0.2, -0.15) is 0 Å². The predicted octanol–water partition coefficient (Wildman–Crippen LogP) is 6.22. The molecule has 3 amide bonds. The standard InChI is InChI=1S/C34H45N3O6/c1-8-36(22-21-35(7)31(39)43-33(4,5)6)30(38)26-15-13-25(14-16-26)28-23-34(42-29-12-10-9-11-27(28)29)17-19-37(20-18-34)32(40)41-24(2)3/h9-16,23-24H,8,17-22H2,1-7H3. The van der Waals surface area contributed by atoms with Crippen molar-refractivity contribution < 1.29 is 28.6 Å². The Bertz CT molecular complexity index is 1340. The van der Waals surface area contributed by atoms with Crippen LogP contribution in [0.15, 0.2) is 54.6 Å². The second kappa shape index (κ2) is 13.1. The van der Waals surface area contributed by atoms with Crippen LogP contribution in [0.2, 0.25) is 0 Å². The topological polar surface area (TPSA) is 88.6 Å². The molecule has 0 aliphatic carbocycles. The summed E-state index contributed by atoms with van der Waals surface area (Å²) >= 11 is 0. The van der Waals surface area contributed by atoms with Gasteiger partial charge in [-0.25, -0.2) is 9.59 Å². The molecule has 4 rings (SSSR count). The largest absolute Gasteiger partial charge is 0.482 e. The van der Waals surface area contributed by atoms with Crippen molar-refractivity contribution in [3.8, 4) is 5.75 Å². The SMILES string of the molecule is CCN(CCN(C)C(=O)OC(C)(C)C)C(=O)c1ccc(C2=CC3(CCN(C(=O)OC(C)C)CC3)Oc3ccccc32)cc1. The van der Waals surface area contributed by atoms with Crippen LogP contribution < -0.4 is 4.74 Å². The van der Waals surface area contributed by atoms with Crippen molar-refractivity contribution in [3.05, 3.63) is 71.3 Å². The fourth-order valence-corrected chi connectivity index (χ4v) is 5.28. The Hall–Kier alpha value is -4.01. The van der Waals surface area contributed by atoms with E-state index < -0.39 is 17.3 Å². The van der Waals surface area contributed by atoms with Gasteiger partial charge in [0.05, 0.1) is 6.10 Å². The van der Waals surface area contributed by atoms with Crippen LogP contribution in [0, 0.1) is 0 Å². The summed E-state index contributed by atoms with van der Waals surface area (Å²) in [6, 6.07) is 15.6. The summed E-state index contributed by atoms with van der Waals surface area (Å²) in [6.07, 6.45) is 2.62. The van der Waals surface area contributed by atoms with E-state index in [2.05, 4.69) is 6.08 Å². The Morgan fingerprint density at radius 1 is 1.00 bits per heavy atom. The molecule has 2 aliphatic heterocycles. The molecular formula is C34H45N3O6. The third-order valence-electron chi connectivity index (χ3n) is 7.62. The molecule has 2 aliphatic rings. The number of para-hydroxylation sites is 1. The second-order valence-corrected chi connectivity index (χ2v) is 12.5. The minimum Gasteiger partial charge on any atom is -0.482 e. The molecule has 1 fully saturated rings. The highest BCUT2D eigenvalue weighted by atomic mass is 16.6. The van der Waals surface area contributed by atoms with E-state index in [1.54, 1.807) is 16.8 Å². The number of carbonyl (C=O) groups is 3. The molecule has 0 aromatic heterocycles. The maximum Gasteiger partial charge on any atom is 0.410 e. The molecule has 0 unspecified atom stereocenters. The molecule has 2 aromatic rings. The maximum atomic E-state index is 13.4. The Labute approximate surface area is 255 Å². The van der Waals surface area contributed by atoms with Gasteiger partial charge in [0, 0.05) is 63.7 Å². The molecule has 9 heteroatoms. The first-order valence-electron chi connectivity index (χ1n) is 15.1. The third-order valence-corrected chi connectivity index (χ3v) is 7.62. The number of ether oxygens (including phenoxy) is 3. The molecule has 9 nitrogen and oxygen atoms in total. The number of rotatable bonds is 7. The molecule has 0 saturated carbocycles. The van der Waals surface area contributed by atoms with Gasteiger partial charge in [0.15, 0.2) is 0 Å². The molecule has 0 atom stereocenters. The number of piperidine rings is 1. The van der Waals surface area contributed by atoms with Gasteiger partial charge in [0.1, 0.15) is 17.0 Å². The van der Waals surface area contributed by atoms with Crippen molar-refractivity contribution in [2.24, 2.45) is 0 Å². The van der Waals surface area contributed by atoms with Crippen molar-refractivity contribution in [1.82, 2.24) is 14.7 Å².